The summed E-state index contributed by atoms with van der Waals surface area (Å²) in [5, 5.41) is 1.01. The van der Waals surface area contributed by atoms with Crippen molar-refractivity contribution in [2.75, 3.05) is 46.3 Å². The highest BCUT2D eigenvalue weighted by Crippen LogP contribution is 2.31. The number of benzene rings is 1. The van der Waals surface area contributed by atoms with E-state index in [1.54, 1.807) is 20.3 Å². The summed E-state index contributed by atoms with van der Waals surface area (Å²) in [6.45, 7) is 3.47. The van der Waals surface area contributed by atoms with E-state index in [1.165, 1.54) is 0 Å². The predicted molar refractivity (Wildman–Crippen MR) is 114 cm³/mol. The zero-order valence-electron chi connectivity index (χ0n) is 16.0. The van der Waals surface area contributed by atoms with Crippen LogP contribution in [0, 0.1) is 0 Å². The Hall–Kier alpha value is -1.83. The fourth-order valence-corrected chi connectivity index (χ4v) is 3.36. The summed E-state index contributed by atoms with van der Waals surface area (Å²) < 4.78 is 12.6. The molecule has 0 saturated carbocycles. The summed E-state index contributed by atoms with van der Waals surface area (Å²) in [6.07, 6.45) is 1.89. The van der Waals surface area contributed by atoms with Crippen LogP contribution in [0.25, 0.3) is 16.9 Å². The van der Waals surface area contributed by atoms with Crippen molar-refractivity contribution in [2.45, 2.75) is 6.54 Å². The minimum Gasteiger partial charge on any atom is -0.398 e. The number of nitrogens with zero attached hydrogens (tertiary/aromatic N) is 3. The molecule has 2 heterocycles. The Labute approximate surface area is 174 Å². The van der Waals surface area contributed by atoms with E-state index >= 15 is 0 Å². The number of nitrogens with two attached hydrogens (primary N) is 1. The molecule has 8 heteroatoms. The van der Waals surface area contributed by atoms with Crippen LogP contribution < -0.4 is 5.73 Å². The molecule has 0 spiro atoms. The number of aromatic nitrogens is 2. The van der Waals surface area contributed by atoms with Crippen LogP contribution in [0.4, 0.5) is 5.69 Å². The first-order valence-corrected chi connectivity index (χ1v) is 9.71. The molecule has 0 bridgehead atoms. The third kappa shape index (κ3) is 4.77. The van der Waals surface area contributed by atoms with Crippen LogP contribution in [0.5, 0.6) is 0 Å². The van der Waals surface area contributed by atoms with Gasteiger partial charge in [0.05, 0.1) is 34.6 Å². The second-order valence-electron chi connectivity index (χ2n) is 6.49. The maximum atomic E-state index is 6.25. The van der Waals surface area contributed by atoms with Gasteiger partial charge in [0.2, 0.25) is 0 Å². The number of ether oxygens (including phenoxy) is 2. The zero-order chi connectivity index (χ0) is 20.1. The normalized spacial score (nSPS) is 11.6. The Morgan fingerprint density at radius 1 is 1.04 bits per heavy atom. The number of hydrogen-bond donors (Lipinski definition) is 1. The Bertz CT molecular complexity index is 937. The summed E-state index contributed by atoms with van der Waals surface area (Å²) in [4.78, 5) is 7.09. The van der Waals surface area contributed by atoms with Crippen LogP contribution in [0.3, 0.4) is 0 Å². The maximum Gasteiger partial charge on any atom is 0.137 e. The lowest BCUT2D eigenvalue weighted by Crippen LogP contribution is -2.31. The van der Waals surface area contributed by atoms with E-state index in [0.717, 1.165) is 35.7 Å². The fraction of sp³-hybridized carbons (Fsp3) is 0.350. The SMILES string of the molecule is COCCN(CCOC)Cc1c(-c2ccc(Cl)c(Cl)c2)nc2ccc(N)cn12. The molecule has 3 aromatic rings. The highest BCUT2D eigenvalue weighted by molar-refractivity contribution is 6.42. The van der Waals surface area contributed by atoms with Crippen molar-refractivity contribution in [1.29, 1.82) is 0 Å². The van der Waals surface area contributed by atoms with E-state index in [-0.39, 0.29) is 0 Å². The van der Waals surface area contributed by atoms with Gasteiger partial charge in [-0.05, 0) is 24.3 Å². The predicted octanol–water partition coefficient (Wildman–Crippen LogP) is 3.99. The van der Waals surface area contributed by atoms with Gasteiger partial charge in [-0.2, -0.15) is 0 Å². The molecule has 28 heavy (non-hydrogen) atoms. The molecule has 6 nitrogen and oxygen atoms in total. The van der Waals surface area contributed by atoms with Crippen LogP contribution in [0.1, 0.15) is 5.69 Å². The first-order chi connectivity index (χ1) is 13.5. The third-order valence-electron chi connectivity index (χ3n) is 4.53. The number of rotatable bonds is 9. The number of pyridine rings is 1. The monoisotopic (exact) mass is 422 g/mol. The summed E-state index contributed by atoms with van der Waals surface area (Å²) in [5.74, 6) is 0. The molecular weight excluding hydrogens is 399 g/mol. The second kappa shape index (κ2) is 9.58. The Balaban J connectivity index is 2.06. The maximum absolute atomic E-state index is 6.25. The number of methoxy groups -OCH3 is 2. The molecule has 2 aromatic heterocycles. The first-order valence-electron chi connectivity index (χ1n) is 8.95. The minimum atomic E-state index is 0.498. The summed E-state index contributed by atoms with van der Waals surface area (Å²) >= 11 is 12.3. The first kappa shape index (κ1) is 20.9. The van der Waals surface area contributed by atoms with Gasteiger partial charge in [-0.3, -0.25) is 4.90 Å². The fourth-order valence-electron chi connectivity index (χ4n) is 3.06. The van der Waals surface area contributed by atoms with Crippen molar-refractivity contribution >= 4 is 34.5 Å². The van der Waals surface area contributed by atoms with E-state index in [2.05, 4.69) is 4.90 Å². The van der Waals surface area contributed by atoms with E-state index in [1.807, 2.05) is 34.9 Å². The number of anilines is 1. The van der Waals surface area contributed by atoms with Crippen molar-refractivity contribution in [1.82, 2.24) is 14.3 Å². The molecule has 2 N–H and O–H groups in total. The quantitative estimate of drug-likeness (QED) is 0.564. The molecule has 0 fully saturated rings. The largest absolute Gasteiger partial charge is 0.398 e. The number of nitrogen functional groups attached to an aromatic ring is 1. The van der Waals surface area contributed by atoms with E-state index in [9.17, 15) is 0 Å². The molecule has 0 aliphatic carbocycles. The van der Waals surface area contributed by atoms with Gasteiger partial charge in [-0.25, -0.2) is 4.98 Å². The van der Waals surface area contributed by atoms with Crippen molar-refractivity contribution < 1.29 is 9.47 Å². The summed E-state index contributed by atoms with van der Waals surface area (Å²) in [7, 11) is 3.40. The number of halogens is 2. The van der Waals surface area contributed by atoms with Gasteiger partial charge in [0.25, 0.3) is 0 Å². The molecule has 0 saturated heterocycles. The molecule has 150 valence electrons. The molecule has 0 aliphatic rings. The van der Waals surface area contributed by atoms with Crippen molar-refractivity contribution in [2.24, 2.45) is 0 Å². The average molecular weight is 423 g/mol. The molecular formula is C20H24Cl2N4O2. The van der Waals surface area contributed by atoms with Crippen LogP contribution in [0.2, 0.25) is 10.0 Å². The van der Waals surface area contributed by atoms with Crippen molar-refractivity contribution in [3.05, 3.63) is 52.3 Å². The van der Waals surface area contributed by atoms with Gasteiger partial charge in [0, 0.05) is 51.3 Å². The topological polar surface area (TPSA) is 65.0 Å². The van der Waals surface area contributed by atoms with Crippen LogP contribution in [-0.4, -0.2) is 54.8 Å². The lowest BCUT2D eigenvalue weighted by Gasteiger charge is -2.22. The van der Waals surface area contributed by atoms with Gasteiger partial charge >= 0.3 is 0 Å². The van der Waals surface area contributed by atoms with Gasteiger partial charge < -0.3 is 19.6 Å². The molecule has 3 rings (SSSR count). The minimum absolute atomic E-state index is 0.498. The lowest BCUT2D eigenvalue weighted by atomic mass is 10.1. The Kier molecular flexibility index (Phi) is 7.15. The zero-order valence-corrected chi connectivity index (χ0v) is 17.5. The van der Waals surface area contributed by atoms with Crippen molar-refractivity contribution in [3.8, 4) is 11.3 Å². The molecule has 1 aromatic carbocycles. The standard InChI is InChI=1S/C20H24Cl2N4O2/c1-27-9-7-25(8-10-28-2)13-18-20(14-3-5-16(21)17(22)11-14)24-19-6-4-15(23)12-26(18)19/h3-6,11-12H,7-10,13,23H2,1-2H3. The Morgan fingerprint density at radius 3 is 2.39 bits per heavy atom. The smallest absolute Gasteiger partial charge is 0.137 e. The van der Waals surface area contributed by atoms with Gasteiger partial charge in [-0.15, -0.1) is 0 Å². The van der Waals surface area contributed by atoms with E-state index in [0.29, 0.717) is 35.5 Å². The Morgan fingerprint density at radius 2 is 1.75 bits per heavy atom. The number of imidazole rings is 1. The van der Waals surface area contributed by atoms with Gasteiger partial charge in [-0.1, -0.05) is 29.3 Å². The molecule has 0 amide bonds. The van der Waals surface area contributed by atoms with Gasteiger partial charge in [0.1, 0.15) is 5.65 Å². The molecule has 0 unspecified atom stereocenters. The molecule has 0 radical (unpaired) electrons. The number of hydrogen-bond acceptors (Lipinski definition) is 5. The third-order valence-corrected chi connectivity index (χ3v) is 5.27. The van der Waals surface area contributed by atoms with Crippen LogP contribution in [0.15, 0.2) is 36.5 Å². The molecule has 0 atom stereocenters. The highest BCUT2D eigenvalue weighted by Gasteiger charge is 2.18. The van der Waals surface area contributed by atoms with Crippen LogP contribution in [-0.2, 0) is 16.0 Å². The number of fused-ring (bicyclic) bond motifs is 1. The van der Waals surface area contributed by atoms with Crippen LogP contribution >= 0.6 is 23.2 Å². The summed E-state index contributed by atoms with van der Waals surface area (Å²) in [6, 6.07) is 9.31. The van der Waals surface area contributed by atoms with Gasteiger partial charge in [0.15, 0.2) is 0 Å². The van der Waals surface area contributed by atoms with Crippen molar-refractivity contribution in [3.63, 3.8) is 0 Å². The summed E-state index contributed by atoms with van der Waals surface area (Å²) in [5.41, 5.74) is 10.3. The molecule has 0 aliphatic heterocycles. The lowest BCUT2D eigenvalue weighted by molar-refractivity contribution is 0.109. The average Bonchev–Trinajstić information content (AvgIpc) is 3.03. The highest BCUT2D eigenvalue weighted by atomic mass is 35.5. The van der Waals surface area contributed by atoms with E-state index < -0.39 is 0 Å². The van der Waals surface area contributed by atoms with E-state index in [4.69, 9.17) is 43.4 Å². The second-order valence-corrected chi connectivity index (χ2v) is 7.30.